The topological polar surface area (TPSA) is 24.5 Å². The van der Waals surface area contributed by atoms with Gasteiger partial charge in [0.15, 0.2) is 0 Å². The third-order valence-corrected chi connectivity index (χ3v) is 4.26. The molecule has 2 rings (SSSR count). The summed E-state index contributed by atoms with van der Waals surface area (Å²) >= 11 is 0. The van der Waals surface area contributed by atoms with Crippen molar-refractivity contribution in [2.24, 2.45) is 10.8 Å². The fourth-order valence-electron chi connectivity index (χ4n) is 2.75. The van der Waals surface area contributed by atoms with Crippen LogP contribution >= 0.6 is 0 Å². The summed E-state index contributed by atoms with van der Waals surface area (Å²) in [6, 6.07) is 0.588. The van der Waals surface area contributed by atoms with Crippen LogP contribution in [0.2, 0.25) is 0 Å². The van der Waals surface area contributed by atoms with Crippen LogP contribution in [0, 0.1) is 10.8 Å². The normalized spacial score (nSPS) is 32.4. The Balaban J connectivity index is 2.12. The average molecular weight is 212 g/mol. The molecule has 0 bridgehead atoms. The van der Waals surface area contributed by atoms with Gasteiger partial charge in [0.25, 0.3) is 0 Å². The number of hydrogen-bond acceptors (Lipinski definition) is 3. The van der Waals surface area contributed by atoms with Crippen LogP contribution in [0.25, 0.3) is 0 Å². The molecule has 2 fully saturated rings. The molecular weight excluding hydrogens is 188 g/mol. The Hall–Kier alpha value is -0.120. The van der Waals surface area contributed by atoms with E-state index in [4.69, 9.17) is 4.74 Å². The molecule has 0 aromatic carbocycles. The first kappa shape index (κ1) is 11.4. The van der Waals surface area contributed by atoms with Crippen LogP contribution in [0.15, 0.2) is 0 Å². The fourth-order valence-corrected chi connectivity index (χ4v) is 2.75. The van der Waals surface area contributed by atoms with E-state index in [1.54, 1.807) is 0 Å². The van der Waals surface area contributed by atoms with E-state index in [0.717, 1.165) is 32.8 Å². The van der Waals surface area contributed by atoms with Gasteiger partial charge in [0.2, 0.25) is 0 Å². The van der Waals surface area contributed by atoms with Gasteiger partial charge < -0.3 is 15.0 Å². The molecule has 2 aliphatic heterocycles. The number of hydrogen-bond donors (Lipinski definition) is 1. The number of likely N-dealkylation sites (N-methyl/N-ethyl adjacent to an activating group) is 1. The molecule has 0 amide bonds. The molecule has 88 valence electrons. The molecular formula is C12H24N2O. The summed E-state index contributed by atoms with van der Waals surface area (Å²) in [6.07, 6.45) is 0. The van der Waals surface area contributed by atoms with Crippen LogP contribution in [0.5, 0.6) is 0 Å². The predicted molar refractivity (Wildman–Crippen MR) is 62.0 cm³/mol. The van der Waals surface area contributed by atoms with Crippen LogP contribution < -0.4 is 5.32 Å². The van der Waals surface area contributed by atoms with E-state index in [9.17, 15) is 0 Å². The van der Waals surface area contributed by atoms with Crippen molar-refractivity contribution < 1.29 is 4.74 Å². The van der Waals surface area contributed by atoms with Crippen molar-refractivity contribution in [3.63, 3.8) is 0 Å². The number of piperazine rings is 1. The van der Waals surface area contributed by atoms with Crippen LogP contribution in [0.4, 0.5) is 0 Å². The molecule has 0 saturated carbocycles. The quantitative estimate of drug-likeness (QED) is 0.700. The van der Waals surface area contributed by atoms with Crippen molar-refractivity contribution >= 4 is 0 Å². The minimum Gasteiger partial charge on any atom is -0.380 e. The summed E-state index contributed by atoms with van der Waals surface area (Å²) in [6.45, 7) is 12.3. The molecule has 0 aromatic rings. The van der Waals surface area contributed by atoms with Crippen LogP contribution in [-0.4, -0.2) is 50.8 Å². The van der Waals surface area contributed by atoms with Crippen molar-refractivity contribution in [1.29, 1.82) is 0 Å². The third kappa shape index (κ3) is 1.81. The van der Waals surface area contributed by atoms with E-state index in [0.29, 0.717) is 16.9 Å². The highest BCUT2D eigenvalue weighted by atomic mass is 16.5. The highest BCUT2D eigenvalue weighted by Crippen LogP contribution is 2.47. The summed E-state index contributed by atoms with van der Waals surface area (Å²) in [5, 5.41) is 3.68. The van der Waals surface area contributed by atoms with E-state index in [1.807, 2.05) is 0 Å². The Morgan fingerprint density at radius 1 is 1.33 bits per heavy atom. The van der Waals surface area contributed by atoms with Crippen LogP contribution in [0.1, 0.15) is 20.8 Å². The van der Waals surface area contributed by atoms with Gasteiger partial charge in [-0.2, -0.15) is 0 Å². The van der Waals surface area contributed by atoms with Gasteiger partial charge in [-0.25, -0.2) is 0 Å². The summed E-state index contributed by atoms with van der Waals surface area (Å²) in [5.74, 6) is 0. The minimum absolute atomic E-state index is 0.321. The maximum absolute atomic E-state index is 5.49. The van der Waals surface area contributed by atoms with E-state index in [1.165, 1.54) is 0 Å². The van der Waals surface area contributed by atoms with Gasteiger partial charge in [-0.15, -0.1) is 0 Å². The molecule has 0 radical (unpaired) electrons. The minimum atomic E-state index is 0.321. The maximum atomic E-state index is 5.49. The molecule has 3 heteroatoms. The molecule has 2 heterocycles. The van der Waals surface area contributed by atoms with Gasteiger partial charge in [0.1, 0.15) is 0 Å². The van der Waals surface area contributed by atoms with Crippen molar-refractivity contribution in [3.05, 3.63) is 0 Å². The van der Waals surface area contributed by atoms with Gasteiger partial charge >= 0.3 is 0 Å². The van der Waals surface area contributed by atoms with Gasteiger partial charge in [0, 0.05) is 31.1 Å². The Morgan fingerprint density at radius 3 is 2.40 bits per heavy atom. The Bertz CT molecular complexity index is 230. The van der Waals surface area contributed by atoms with Crippen molar-refractivity contribution in [2.45, 2.75) is 26.8 Å². The largest absolute Gasteiger partial charge is 0.380 e. The number of nitrogens with one attached hydrogen (secondary N) is 1. The van der Waals surface area contributed by atoms with E-state index in [2.05, 4.69) is 38.0 Å². The molecule has 1 N–H and O–H groups in total. The average Bonchev–Trinajstić information content (AvgIpc) is 1.98. The molecule has 2 saturated heterocycles. The number of nitrogens with zero attached hydrogens (tertiary/aromatic N) is 1. The smallest absolute Gasteiger partial charge is 0.0565 e. The first-order valence-corrected chi connectivity index (χ1v) is 5.95. The number of ether oxygens (including phenoxy) is 1. The molecule has 1 unspecified atom stereocenters. The highest BCUT2D eigenvalue weighted by molar-refractivity contribution is 5.05. The highest BCUT2D eigenvalue weighted by Gasteiger charge is 2.54. The molecule has 1 atom stereocenters. The zero-order valence-electron chi connectivity index (χ0n) is 10.5. The fraction of sp³-hybridized carbons (Fsp3) is 1.00. The number of rotatable bonds is 1. The summed E-state index contributed by atoms with van der Waals surface area (Å²) < 4.78 is 5.49. The summed E-state index contributed by atoms with van der Waals surface area (Å²) in [4.78, 5) is 2.42. The Labute approximate surface area is 93.2 Å². The second-order valence-electron chi connectivity index (χ2n) is 6.17. The predicted octanol–water partition coefficient (Wildman–Crippen LogP) is 0.953. The lowest BCUT2D eigenvalue weighted by atomic mass is 9.60. The van der Waals surface area contributed by atoms with Gasteiger partial charge in [0.05, 0.1) is 13.2 Å². The van der Waals surface area contributed by atoms with Crippen LogP contribution in [0.3, 0.4) is 0 Å². The lowest BCUT2D eigenvalue weighted by Gasteiger charge is -2.57. The first-order valence-electron chi connectivity index (χ1n) is 5.95. The first-order chi connectivity index (χ1) is 6.96. The monoisotopic (exact) mass is 212 g/mol. The van der Waals surface area contributed by atoms with Crippen molar-refractivity contribution in [3.8, 4) is 0 Å². The SMILES string of the molecule is CN1CCNC(C2(C(C)(C)C)COC2)C1. The third-order valence-electron chi connectivity index (χ3n) is 4.26. The Morgan fingerprint density at radius 2 is 2.00 bits per heavy atom. The van der Waals surface area contributed by atoms with Gasteiger partial charge in [-0.05, 0) is 12.5 Å². The Kier molecular flexibility index (Phi) is 2.82. The van der Waals surface area contributed by atoms with E-state index in [-0.39, 0.29) is 0 Å². The van der Waals surface area contributed by atoms with E-state index >= 15 is 0 Å². The molecule has 3 nitrogen and oxygen atoms in total. The summed E-state index contributed by atoms with van der Waals surface area (Å²) in [7, 11) is 2.21. The molecule has 2 aliphatic rings. The second kappa shape index (κ2) is 3.72. The standard InChI is InChI=1S/C12H24N2O/c1-11(2,3)12(8-15-9-12)10-7-14(4)6-5-13-10/h10,13H,5-9H2,1-4H3. The molecule has 0 spiro atoms. The van der Waals surface area contributed by atoms with Crippen molar-refractivity contribution in [1.82, 2.24) is 10.2 Å². The van der Waals surface area contributed by atoms with E-state index < -0.39 is 0 Å². The summed E-state index contributed by atoms with van der Waals surface area (Å²) in [5.41, 5.74) is 0.656. The second-order valence-corrected chi connectivity index (χ2v) is 6.17. The molecule has 0 aliphatic carbocycles. The van der Waals surface area contributed by atoms with Crippen LogP contribution in [-0.2, 0) is 4.74 Å². The van der Waals surface area contributed by atoms with Gasteiger partial charge in [-0.3, -0.25) is 0 Å². The van der Waals surface area contributed by atoms with Gasteiger partial charge in [-0.1, -0.05) is 20.8 Å². The lowest BCUT2D eigenvalue weighted by Crippen LogP contribution is -2.68. The molecule has 0 aromatic heterocycles. The lowest BCUT2D eigenvalue weighted by molar-refractivity contribution is -0.193. The van der Waals surface area contributed by atoms with Crippen molar-refractivity contribution in [2.75, 3.05) is 39.9 Å². The maximum Gasteiger partial charge on any atom is 0.0565 e. The molecule has 15 heavy (non-hydrogen) atoms. The zero-order chi connectivity index (χ0) is 11.1. The zero-order valence-corrected chi connectivity index (χ0v) is 10.5.